The van der Waals surface area contributed by atoms with E-state index in [1.165, 1.54) is 18.6 Å². The lowest BCUT2D eigenvalue weighted by Crippen LogP contribution is -2.55. The Labute approximate surface area is 243 Å². The highest BCUT2D eigenvalue weighted by atomic mass is 35.5. The summed E-state index contributed by atoms with van der Waals surface area (Å²) in [5, 5.41) is 0. The number of ether oxygens (including phenoxy) is 2. The molecule has 2 heterocycles. The van der Waals surface area contributed by atoms with Crippen molar-refractivity contribution in [2.45, 2.75) is 38.8 Å². The molecule has 8 nitrogen and oxygen atoms in total. The summed E-state index contributed by atoms with van der Waals surface area (Å²) in [6.07, 6.45) is 2.92. The zero-order chi connectivity index (χ0) is 27.6. The smallest absolute Gasteiger partial charge is 0.302 e. The zero-order valence-electron chi connectivity index (χ0n) is 23.3. The van der Waals surface area contributed by atoms with Gasteiger partial charge in [-0.2, -0.15) is 0 Å². The van der Waals surface area contributed by atoms with E-state index in [9.17, 15) is 14.0 Å². The van der Waals surface area contributed by atoms with Crippen molar-refractivity contribution in [3.8, 4) is 5.75 Å². The van der Waals surface area contributed by atoms with Crippen LogP contribution in [-0.2, 0) is 27.3 Å². The molecule has 10 heteroatoms. The van der Waals surface area contributed by atoms with Crippen LogP contribution in [0, 0.1) is 11.7 Å². The molecule has 2 saturated heterocycles. The van der Waals surface area contributed by atoms with Crippen LogP contribution < -0.4 is 10.5 Å². The fourth-order valence-corrected chi connectivity index (χ4v) is 5.39. The summed E-state index contributed by atoms with van der Waals surface area (Å²) in [5.74, 6) is -0.0470. The summed E-state index contributed by atoms with van der Waals surface area (Å²) < 4.78 is 25.2. The Kier molecular flexibility index (Phi) is 12.6. The molecule has 0 aliphatic carbocycles. The maximum absolute atomic E-state index is 14.6. The Bertz CT molecular complexity index is 1080. The van der Waals surface area contributed by atoms with Gasteiger partial charge in [-0.05, 0) is 56.0 Å². The lowest BCUT2D eigenvalue weighted by atomic mass is 9.88. The first-order valence-electron chi connectivity index (χ1n) is 14.0. The zero-order valence-corrected chi connectivity index (χ0v) is 24.1. The summed E-state index contributed by atoms with van der Waals surface area (Å²) in [7, 11) is 0. The largest absolute Gasteiger partial charge is 0.490 e. The van der Waals surface area contributed by atoms with E-state index in [1.807, 2.05) is 11.0 Å². The molecule has 1 amide bonds. The van der Waals surface area contributed by atoms with Crippen molar-refractivity contribution >= 4 is 24.3 Å². The molecule has 2 aliphatic rings. The lowest BCUT2D eigenvalue weighted by molar-refractivity contribution is -0.141. The van der Waals surface area contributed by atoms with Gasteiger partial charge in [0.05, 0.1) is 6.04 Å². The van der Waals surface area contributed by atoms with Crippen molar-refractivity contribution in [2.75, 3.05) is 59.0 Å². The molecule has 2 aliphatic heterocycles. The fraction of sp³-hybridized carbons (Fsp3) is 0.533. The number of carbonyl (C=O) groups is 2. The molecule has 40 heavy (non-hydrogen) atoms. The van der Waals surface area contributed by atoms with E-state index in [-0.39, 0.29) is 49.2 Å². The first kappa shape index (κ1) is 31.8. The van der Waals surface area contributed by atoms with Gasteiger partial charge in [-0.3, -0.25) is 14.5 Å². The van der Waals surface area contributed by atoms with Crippen LogP contribution in [0.15, 0.2) is 48.5 Å². The number of likely N-dealkylation sites (tertiary alicyclic amines) is 1. The Morgan fingerprint density at radius 2 is 1.65 bits per heavy atom. The molecule has 2 N–H and O–H groups in total. The normalized spacial score (nSPS) is 17.6. The molecule has 0 unspecified atom stereocenters. The number of halogens is 2. The highest BCUT2D eigenvalue weighted by Crippen LogP contribution is 2.25. The standard InChI is InChI=1S/C30H41FN4O4.ClH/c1-23(36)38-20-21-39-28-9-5-8-27(31)26(28)22-34-16-18-35(19-17-34)30(37)29(32)25-11-14-33(15-12-25)13-10-24-6-3-2-4-7-24;/h2-9,25,29H,10-22,32H2,1H3;1H/t29-;/m1./s1. The molecule has 4 rings (SSSR count). The second-order valence-electron chi connectivity index (χ2n) is 10.4. The minimum absolute atomic E-state index is 0. The molecule has 0 saturated carbocycles. The number of rotatable bonds is 11. The second kappa shape index (κ2) is 15.9. The Balaban J connectivity index is 0.00000441. The third-order valence-electron chi connectivity index (χ3n) is 7.77. The molecular weight excluding hydrogens is 535 g/mol. The van der Waals surface area contributed by atoms with Crippen LogP contribution in [0.4, 0.5) is 4.39 Å². The summed E-state index contributed by atoms with van der Waals surface area (Å²) in [4.78, 5) is 30.6. The Morgan fingerprint density at radius 1 is 0.950 bits per heavy atom. The van der Waals surface area contributed by atoms with Gasteiger partial charge in [0, 0.05) is 51.8 Å². The van der Waals surface area contributed by atoms with Crippen molar-refractivity contribution < 1.29 is 23.5 Å². The minimum Gasteiger partial charge on any atom is -0.490 e. The molecule has 2 fully saturated rings. The van der Waals surface area contributed by atoms with E-state index in [0.29, 0.717) is 44.0 Å². The Morgan fingerprint density at radius 3 is 2.33 bits per heavy atom. The van der Waals surface area contributed by atoms with Crippen LogP contribution in [0.25, 0.3) is 0 Å². The number of nitrogens with two attached hydrogens (primary N) is 1. The van der Waals surface area contributed by atoms with Crippen LogP contribution in [0.1, 0.15) is 30.9 Å². The summed E-state index contributed by atoms with van der Waals surface area (Å²) in [6.45, 7) is 7.37. The van der Waals surface area contributed by atoms with E-state index in [0.717, 1.165) is 38.9 Å². The highest BCUT2D eigenvalue weighted by molar-refractivity contribution is 5.85. The van der Waals surface area contributed by atoms with E-state index in [2.05, 4.69) is 34.1 Å². The van der Waals surface area contributed by atoms with Crippen molar-refractivity contribution in [2.24, 2.45) is 11.7 Å². The summed E-state index contributed by atoms with van der Waals surface area (Å²) in [5.41, 5.74) is 8.31. The first-order valence-corrected chi connectivity index (χ1v) is 14.0. The predicted molar refractivity (Wildman–Crippen MR) is 155 cm³/mol. The van der Waals surface area contributed by atoms with Gasteiger partial charge in [-0.15, -0.1) is 12.4 Å². The number of esters is 1. The average molecular weight is 577 g/mol. The van der Waals surface area contributed by atoms with Gasteiger partial charge >= 0.3 is 5.97 Å². The molecule has 2 aromatic rings. The van der Waals surface area contributed by atoms with Gasteiger partial charge in [0.15, 0.2) is 0 Å². The molecule has 220 valence electrons. The maximum Gasteiger partial charge on any atom is 0.302 e. The third-order valence-corrected chi connectivity index (χ3v) is 7.77. The quantitative estimate of drug-likeness (QED) is 0.325. The van der Waals surface area contributed by atoms with Crippen LogP contribution in [0.3, 0.4) is 0 Å². The lowest BCUT2D eigenvalue weighted by Gasteiger charge is -2.39. The van der Waals surface area contributed by atoms with Gasteiger partial charge in [-0.1, -0.05) is 36.4 Å². The number of hydrogen-bond donors (Lipinski definition) is 1. The third kappa shape index (κ3) is 9.16. The summed E-state index contributed by atoms with van der Waals surface area (Å²) in [6, 6.07) is 14.8. The number of hydrogen-bond acceptors (Lipinski definition) is 7. The topological polar surface area (TPSA) is 88.3 Å². The monoisotopic (exact) mass is 576 g/mol. The van der Waals surface area contributed by atoms with Crippen LogP contribution >= 0.6 is 12.4 Å². The van der Waals surface area contributed by atoms with Crippen LogP contribution in [-0.4, -0.2) is 91.6 Å². The van der Waals surface area contributed by atoms with Gasteiger partial charge in [0.25, 0.3) is 0 Å². The molecule has 0 aromatic heterocycles. The molecular formula is C30H42ClFN4O4. The van der Waals surface area contributed by atoms with E-state index in [1.54, 1.807) is 12.1 Å². The van der Waals surface area contributed by atoms with Crippen molar-refractivity contribution in [3.05, 3.63) is 65.5 Å². The molecule has 2 aromatic carbocycles. The number of carbonyl (C=O) groups excluding carboxylic acids is 2. The first-order chi connectivity index (χ1) is 18.9. The highest BCUT2D eigenvalue weighted by Gasteiger charge is 2.33. The molecule has 0 spiro atoms. The van der Waals surface area contributed by atoms with E-state index in [4.69, 9.17) is 15.2 Å². The Hall–Kier alpha value is -2.72. The average Bonchev–Trinajstić information content (AvgIpc) is 2.96. The second-order valence-corrected chi connectivity index (χ2v) is 10.4. The van der Waals surface area contributed by atoms with Crippen molar-refractivity contribution in [1.82, 2.24) is 14.7 Å². The summed E-state index contributed by atoms with van der Waals surface area (Å²) >= 11 is 0. The van der Waals surface area contributed by atoms with Crippen molar-refractivity contribution in [1.29, 1.82) is 0 Å². The number of nitrogens with zero attached hydrogens (tertiary/aromatic N) is 3. The number of piperazine rings is 1. The van der Waals surface area contributed by atoms with Crippen molar-refractivity contribution in [3.63, 3.8) is 0 Å². The van der Waals surface area contributed by atoms with E-state index < -0.39 is 6.04 Å². The predicted octanol–water partition coefficient (Wildman–Crippen LogP) is 3.12. The number of amides is 1. The fourth-order valence-electron chi connectivity index (χ4n) is 5.39. The van der Waals surface area contributed by atoms with E-state index >= 15 is 0 Å². The van der Waals surface area contributed by atoms with Crippen LogP contribution in [0.2, 0.25) is 0 Å². The number of benzene rings is 2. The maximum atomic E-state index is 14.6. The minimum atomic E-state index is -0.475. The molecule has 1 atom stereocenters. The van der Waals surface area contributed by atoms with Crippen LogP contribution in [0.5, 0.6) is 5.75 Å². The van der Waals surface area contributed by atoms with Gasteiger partial charge in [0.1, 0.15) is 24.8 Å². The van der Waals surface area contributed by atoms with Gasteiger partial charge < -0.3 is 25.0 Å². The van der Waals surface area contributed by atoms with Gasteiger partial charge in [-0.25, -0.2) is 4.39 Å². The van der Waals surface area contributed by atoms with Gasteiger partial charge in [0.2, 0.25) is 5.91 Å². The SMILES string of the molecule is CC(=O)OCCOc1cccc(F)c1CN1CCN(C(=O)[C@H](N)C2CCN(CCc3ccccc3)CC2)CC1.Cl. The molecule has 0 radical (unpaired) electrons. The number of piperidine rings is 1. The molecule has 0 bridgehead atoms.